The number of aryl methyl sites for hydroxylation is 2. The van der Waals surface area contributed by atoms with Gasteiger partial charge in [0.15, 0.2) is 0 Å². The lowest BCUT2D eigenvalue weighted by Gasteiger charge is -2.31. The Hall–Kier alpha value is -1.08. The second-order valence-electron chi connectivity index (χ2n) is 6.71. The van der Waals surface area contributed by atoms with Gasteiger partial charge in [0.25, 0.3) is 0 Å². The lowest BCUT2D eigenvalue weighted by atomic mass is 9.94. The van der Waals surface area contributed by atoms with Crippen LogP contribution in [0.4, 0.5) is 0 Å². The molecule has 0 aliphatic heterocycles. The number of rotatable bonds is 6. The Morgan fingerprint density at radius 1 is 1.21 bits per heavy atom. The molecule has 0 heterocycles. The van der Waals surface area contributed by atoms with Gasteiger partial charge in [-0.2, -0.15) is 0 Å². The van der Waals surface area contributed by atoms with Crippen LogP contribution in [0.15, 0.2) is 36.4 Å². The zero-order valence-corrected chi connectivity index (χ0v) is 16.9. The summed E-state index contributed by atoms with van der Waals surface area (Å²) in [7, 11) is 2.45. The standard InChI is InChI=1S/C20H27ClNOP/c1-6-20(4,17-9-7-8-15(3)19(17)23)24-18-11-10-14(2)12-16(18)13-22(5)21/h7-12,23-24H,6,13H2,1-5H3. The molecule has 2 rings (SSSR count). The monoisotopic (exact) mass is 363 g/mol. The number of para-hydroxylation sites is 1. The number of phenols is 1. The molecule has 24 heavy (non-hydrogen) atoms. The molecule has 2 unspecified atom stereocenters. The van der Waals surface area contributed by atoms with Crippen LogP contribution in [-0.2, 0) is 11.7 Å². The lowest BCUT2D eigenvalue weighted by molar-refractivity contribution is 0.452. The van der Waals surface area contributed by atoms with Crippen LogP contribution in [0.1, 0.15) is 42.5 Å². The highest BCUT2D eigenvalue weighted by Gasteiger charge is 2.29. The average molecular weight is 364 g/mol. The highest BCUT2D eigenvalue weighted by molar-refractivity contribution is 7.48. The molecule has 4 heteroatoms. The van der Waals surface area contributed by atoms with Crippen LogP contribution in [0.25, 0.3) is 0 Å². The van der Waals surface area contributed by atoms with Crippen molar-refractivity contribution in [3.8, 4) is 5.75 Å². The molecule has 130 valence electrons. The van der Waals surface area contributed by atoms with Gasteiger partial charge in [-0.25, -0.2) is 4.42 Å². The van der Waals surface area contributed by atoms with Gasteiger partial charge in [-0.1, -0.05) is 64.4 Å². The zero-order valence-electron chi connectivity index (χ0n) is 15.2. The van der Waals surface area contributed by atoms with Crippen LogP contribution < -0.4 is 5.30 Å². The third kappa shape index (κ3) is 4.30. The minimum absolute atomic E-state index is 0.0923. The van der Waals surface area contributed by atoms with E-state index in [1.165, 1.54) is 16.4 Å². The highest BCUT2D eigenvalue weighted by atomic mass is 35.5. The SMILES string of the molecule is CCC(C)(Pc1ccc(C)cc1CN(C)Cl)c1cccc(C)c1O. The molecular formula is C20H27ClNOP. The third-order valence-corrected chi connectivity index (χ3v) is 6.65. The quantitative estimate of drug-likeness (QED) is 0.561. The molecule has 1 N–H and O–H groups in total. The van der Waals surface area contributed by atoms with Crippen molar-refractivity contribution in [1.29, 1.82) is 0 Å². The number of nitrogens with zero attached hydrogens (tertiary/aromatic N) is 1. The van der Waals surface area contributed by atoms with Crippen molar-refractivity contribution in [3.63, 3.8) is 0 Å². The Morgan fingerprint density at radius 3 is 2.54 bits per heavy atom. The van der Waals surface area contributed by atoms with Crippen molar-refractivity contribution in [2.45, 2.75) is 45.8 Å². The average Bonchev–Trinajstić information content (AvgIpc) is 2.52. The van der Waals surface area contributed by atoms with Crippen molar-refractivity contribution in [2.24, 2.45) is 0 Å². The fourth-order valence-corrected chi connectivity index (χ4v) is 4.67. The summed E-state index contributed by atoms with van der Waals surface area (Å²) in [6.45, 7) is 9.21. The summed E-state index contributed by atoms with van der Waals surface area (Å²) < 4.78 is 1.69. The predicted molar refractivity (Wildman–Crippen MR) is 107 cm³/mol. The van der Waals surface area contributed by atoms with Crippen molar-refractivity contribution in [3.05, 3.63) is 58.7 Å². The predicted octanol–water partition coefficient (Wildman–Crippen LogP) is 5.22. The first-order valence-electron chi connectivity index (χ1n) is 8.30. The molecule has 2 atom stereocenters. The molecular weight excluding hydrogens is 337 g/mol. The summed E-state index contributed by atoms with van der Waals surface area (Å²) in [4.78, 5) is 0. The Morgan fingerprint density at radius 2 is 1.92 bits per heavy atom. The van der Waals surface area contributed by atoms with Crippen LogP contribution in [0.2, 0.25) is 0 Å². The topological polar surface area (TPSA) is 23.5 Å². The molecule has 0 aliphatic rings. The summed E-state index contributed by atoms with van der Waals surface area (Å²) in [5, 5.41) is 11.8. The molecule has 0 amide bonds. The normalized spacial score (nSPS) is 14.5. The van der Waals surface area contributed by atoms with Crippen LogP contribution in [-0.4, -0.2) is 16.6 Å². The molecule has 2 aromatic carbocycles. The first-order valence-corrected chi connectivity index (χ1v) is 9.64. The number of halogens is 1. The van der Waals surface area contributed by atoms with E-state index in [4.69, 9.17) is 11.8 Å². The van der Waals surface area contributed by atoms with Gasteiger partial charge in [-0.15, -0.1) is 0 Å². The van der Waals surface area contributed by atoms with Gasteiger partial charge in [0.05, 0.1) is 0 Å². The van der Waals surface area contributed by atoms with Gasteiger partial charge in [-0.05, 0) is 48.5 Å². The van der Waals surface area contributed by atoms with Crippen LogP contribution >= 0.6 is 20.4 Å². The van der Waals surface area contributed by atoms with E-state index >= 15 is 0 Å². The van der Waals surface area contributed by atoms with Crippen molar-refractivity contribution in [1.82, 2.24) is 4.42 Å². The maximum Gasteiger partial charge on any atom is 0.122 e. The zero-order chi connectivity index (χ0) is 17.9. The molecule has 0 radical (unpaired) electrons. The number of benzene rings is 2. The maximum atomic E-state index is 10.6. The van der Waals surface area contributed by atoms with E-state index in [0.717, 1.165) is 17.5 Å². The first kappa shape index (κ1) is 19.2. The largest absolute Gasteiger partial charge is 0.507 e. The summed E-state index contributed by atoms with van der Waals surface area (Å²) in [5.74, 6) is 0.428. The molecule has 0 aliphatic carbocycles. The molecule has 2 nitrogen and oxygen atoms in total. The fraction of sp³-hybridized carbons (Fsp3) is 0.400. The van der Waals surface area contributed by atoms with Gasteiger partial charge in [0, 0.05) is 24.3 Å². The highest BCUT2D eigenvalue weighted by Crippen LogP contribution is 2.48. The molecule has 0 bridgehead atoms. The Balaban J connectivity index is 2.45. The second kappa shape index (κ2) is 7.87. The summed E-state index contributed by atoms with van der Waals surface area (Å²) >= 11 is 6.10. The summed E-state index contributed by atoms with van der Waals surface area (Å²) in [6.07, 6.45) is 0.965. The van der Waals surface area contributed by atoms with Gasteiger partial charge in [0.1, 0.15) is 5.75 Å². The van der Waals surface area contributed by atoms with E-state index in [2.05, 4.69) is 45.0 Å². The van der Waals surface area contributed by atoms with Crippen molar-refractivity contribution in [2.75, 3.05) is 7.05 Å². The Bertz CT molecular complexity index is 717. The van der Waals surface area contributed by atoms with Crippen LogP contribution in [0.3, 0.4) is 0 Å². The van der Waals surface area contributed by atoms with Gasteiger partial charge < -0.3 is 5.11 Å². The molecule has 0 saturated carbocycles. The van der Waals surface area contributed by atoms with E-state index in [1.807, 2.05) is 26.1 Å². The minimum atomic E-state index is -0.0923. The summed E-state index contributed by atoms with van der Waals surface area (Å²) in [6, 6.07) is 12.6. The number of hydrogen-bond acceptors (Lipinski definition) is 2. The first-order chi connectivity index (χ1) is 11.3. The number of phenolic OH excluding ortho intramolecular Hbond substituents is 1. The Kier molecular flexibility index (Phi) is 6.31. The van der Waals surface area contributed by atoms with E-state index in [0.29, 0.717) is 20.9 Å². The van der Waals surface area contributed by atoms with E-state index in [9.17, 15) is 5.11 Å². The van der Waals surface area contributed by atoms with Gasteiger partial charge >= 0.3 is 0 Å². The van der Waals surface area contributed by atoms with E-state index in [1.54, 1.807) is 4.42 Å². The maximum absolute atomic E-state index is 10.6. The molecule has 0 fully saturated rings. The third-order valence-electron chi connectivity index (χ3n) is 4.60. The molecule has 0 aromatic heterocycles. The number of hydrogen-bond donors (Lipinski definition) is 1. The van der Waals surface area contributed by atoms with Crippen LogP contribution in [0, 0.1) is 13.8 Å². The van der Waals surface area contributed by atoms with Gasteiger partial charge in [-0.3, -0.25) is 0 Å². The van der Waals surface area contributed by atoms with Crippen LogP contribution in [0.5, 0.6) is 5.75 Å². The number of aromatic hydroxyl groups is 1. The second-order valence-corrected chi connectivity index (χ2v) is 9.17. The van der Waals surface area contributed by atoms with Gasteiger partial charge in [0.2, 0.25) is 0 Å². The van der Waals surface area contributed by atoms with E-state index < -0.39 is 0 Å². The smallest absolute Gasteiger partial charge is 0.122 e. The molecule has 0 saturated heterocycles. The fourth-order valence-electron chi connectivity index (χ4n) is 2.96. The molecule has 2 aromatic rings. The van der Waals surface area contributed by atoms with E-state index in [-0.39, 0.29) is 5.16 Å². The molecule has 0 spiro atoms. The lowest BCUT2D eigenvalue weighted by Crippen LogP contribution is -2.22. The summed E-state index contributed by atoms with van der Waals surface area (Å²) in [5.41, 5.74) is 4.47. The van der Waals surface area contributed by atoms with Crippen molar-refractivity contribution >= 4 is 25.7 Å². The minimum Gasteiger partial charge on any atom is -0.507 e. The Labute approximate surface area is 152 Å². The van der Waals surface area contributed by atoms with Crippen molar-refractivity contribution < 1.29 is 5.11 Å².